The summed E-state index contributed by atoms with van der Waals surface area (Å²) in [7, 11) is 1.81. The minimum Gasteiger partial charge on any atom is -0.366 e. The minimum absolute atomic E-state index is 0.0785. The number of hydrogen-bond acceptors (Lipinski definition) is 5. The Bertz CT molecular complexity index is 820. The molecule has 1 aromatic carbocycles. The van der Waals surface area contributed by atoms with Crippen LogP contribution in [0, 0.1) is 12.7 Å². The number of carbonyl (C=O) groups excluding carboxylic acids is 1. The molecule has 0 spiro atoms. The van der Waals surface area contributed by atoms with Gasteiger partial charge in [-0.1, -0.05) is 25.5 Å². The third-order valence-corrected chi connectivity index (χ3v) is 5.03. The molecular formula is C21H28FN5O. The van der Waals surface area contributed by atoms with E-state index in [9.17, 15) is 9.18 Å². The van der Waals surface area contributed by atoms with Gasteiger partial charge < -0.3 is 14.7 Å². The van der Waals surface area contributed by atoms with Gasteiger partial charge in [0, 0.05) is 45.8 Å². The summed E-state index contributed by atoms with van der Waals surface area (Å²) < 4.78 is 14.0. The Morgan fingerprint density at radius 2 is 1.82 bits per heavy atom. The van der Waals surface area contributed by atoms with E-state index in [1.54, 1.807) is 17.0 Å². The number of para-hydroxylation sites is 1. The van der Waals surface area contributed by atoms with Gasteiger partial charge in [-0.15, -0.1) is 0 Å². The van der Waals surface area contributed by atoms with Crippen LogP contribution >= 0.6 is 0 Å². The SMILES string of the molecule is CCCCN(C)C(=O)c1cc(N2CCN(c3ccccc3F)CC2)nc(C)n1. The maximum Gasteiger partial charge on any atom is 0.272 e. The first-order valence-electron chi connectivity index (χ1n) is 9.85. The third-order valence-electron chi connectivity index (χ3n) is 5.03. The number of rotatable bonds is 6. The second-order valence-electron chi connectivity index (χ2n) is 7.16. The highest BCUT2D eigenvalue weighted by atomic mass is 19.1. The second kappa shape index (κ2) is 8.99. The van der Waals surface area contributed by atoms with Crippen molar-refractivity contribution >= 4 is 17.4 Å². The predicted octanol–water partition coefficient (Wildman–Crippen LogP) is 3.12. The van der Waals surface area contributed by atoms with E-state index in [0.29, 0.717) is 43.4 Å². The van der Waals surface area contributed by atoms with Crippen molar-refractivity contribution in [1.82, 2.24) is 14.9 Å². The van der Waals surface area contributed by atoms with Gasteiger partial charge in [-0.05, 0) is 25.5 Å². The minimum atomic E-state index is -0.197. The molecule has 1 aromatic heterocycles. The van der Waals surface area contributed by atoms with Gasteiger partial charge in [0.25, 0.3) is 5.91 Å². The van der Waals surface area contributed by atoms with Gasteiger partial charge in [0.05, 0.1) is 5.69 Å². The first-order chi connectivity index (χ1) is 13.5. The highest BCUT2D eigenvalue weighted by Gasteiger charge is 2.22. The monoisotopic (exact) mass is 385 g/mol. The van der Waals surface area contributed by atoms with E-state index < -0.39 is 0 Å². The lowest BCUT2D eigenvalue weighted by atomic mass is 10.2. The lowest BCUT2D eigenvalue weighted by Gasteiger charge is -2.37. The van der Waals surface area contributed by atoms with E-state index in [4.69, 9.17) is 0 Å². The van der Waals surface area contributed by atoms with Crippen molar-refractivity contribution in [2.75, 3.05) is 49.6 Å². The van der Waals surface area contributed by atoms with Crippen LogP contribution in [0.5, 0.6) is 0 Å². The normalized spacial score (nSPS) is 14.3. The lowest BCUT2D eigenvalue weighted by Crippen LogP contribution is -2.47. The average molecular weight is 385 g/mol. The molecule has 1 amide bonds. The van der Waals surface area contributed by atoms with Crippen LogP contribution in [-0.4, -0.2) is 60.5 Å². The van der Waals surface area contributed by atoms with Gasteiger partial charge in [0.1, 0.15) is 23.2 Å². The Morgan fingerprint density at radius 3 is 2.50 bits per heavy atom. The first-order valence-corrected chi connectivity index (χ1v) is 9.85. The largest absolute Gasteiger partial charge is 0.366 e. The smallest absolute Gasteiger partial charge is 0.272 e. The van der Waals surface area contributed by atoms with Gasteiger partial charge >= 0.3 is 0 Å². The average Bonchev–Trinajstić information content (AvgIpc) is 2.71. The van der Waals surface area contributed by atoms with Gasteiger partial charge in [0.15, 0.2) is 0 Å². The van der Waals surface area contributed by atoms with E-state index in [0.717, 1.165) is 25.2 Å². The molecule has 1 aliphatic rings. The number of aryl methyl sites for hydroxylation is 1. The number of carbonyl (C=O) groups is 1. The molecule has 0 saturated carbocycles. The zero-order valence-corrected chi connectivity index (χ0v) is 16.9. The number of hydrogen-bond donors (Lipinski definition) is 0. The number of halogens is 1. The molecule has 0 N–H and O–H groups in total. The van der Waals surface area contributed by atoms with Crippen molar-refractivity contribution in [2.24, 2.45) is 0 Å². The molecule has 0 bridgehead atoms. The fourth-order valence-corrected chi connectivity index (χ4v) is 3.40. The summed E-state index contributed by atoms with van der Waals surface area (Å²) in [6, 6.07) is 8.63. The van der Waals surface area contributed by atoms with Crippen molar-refractivity contribution in [3.05, 3.63) is 47.7 Å². The summed E-state index contributed by atoms with van der Waals surface area (Å²) in [5.74, 6) is 1.07. The molecule has 1 aliphatic heterocycles. The molecule has 0 atom stereocenters. The molecule has 6 nitrogen and oxygen atoms in total. The third kappa shape index (κ3) is 4.58. The standard InChI is InChI=1S/C21H28FN5O/c1-4-5-10-25(3)21(28)18-15-20(24-16(2)23-18)27-13-11-26(12-14-27)19-9-7-6-8-17(19)22/h6-9,15H,4-5,10-14H2,1-3H3. The van der Waals surface area contributed by atoms with Crippen LogP contribution in [0.3, 0.4) is 0 Å². The summed E-state index contributed by atoms with van der Waals surface area (Å²) in [5, 5.41) is 0. The fourth-order valence-electron chi connectivity index (χ4n) is 3.40. The summed E-state index contributed by atoms with van der Waals surface area (Å²) in [6.45, 7) is 7.45. The number of aromatic nitrogens is 2. The van der Waals surface area contributed by atoms with Gasteiger partial charge in [-0.3, -0.25) is 4.79 Å². The lowest BCUT2D eigenvalue weighted by molar-refractivity contribution is 0.0787. The van der Waals surface area contributed by atoms with E-state index in [2.05, 4.69) is 21.8 Å². The Kier molecular flexibility index (Phi) is 6.44. The zero-order chi connectivity index (χ0) is 20.1. The number of amides is 1. The molecule has 0 unspecified atom stereocenters. The first kappa shape index (κ1) is 20.0. The molecule has 0 radical (unpaired) electrons. The second-order valence-corrected chi connectivity index (χ2v) is 7.16. The van der Waals surface area contributed by atoms with Crippen molar-refractivity contribution in [3.63, 3.8) is 0 Å². The molecule has 1 fully saturated rings. The Balaban J connectivity index is 1.70. The number of benzene rings is 1. The molecule has 3 rings (SSSR count). The van der Waals surface area contributed by atoms with Crippen LogP contribution in [0.1, 0.15) is 36.1 Å². The molecular weight excluding hydrogens is 357 g/mol. The van der Waals surface area contributed by atoms with Crippen LogP contribution < -0.4 is 9.80 Å². The number of anilines is 2. The summed E-state index contributed by atoms with van der Waals surface area (Å²) in [4.78, 5) is 27.4. The van der Waals surface area contributed by atoms with Crippen LogP contribution in [-0.2, 0) is 0 Å². The number of unbranched alkanes of at least 4 members (excludes halogenated alkanes) is 1. The quantitative estimate of drug-likeness (QED) is 0.765. The summed E-state index contributed by atoms with van der Waals surface area (Å²) >= 11 is 0. The van der Waals surface area contributed by atoms with Gasteiger partial charge in [0.2, 0.25) is 0 Å². The molecule has 0 aliphatic carbocycles. The van der Waals surface area contributed by atoms with Crippen molar-refractivity contribution in [3.8, 4) is 0 Å². The number of nitrogens with zero attached hydrogens (tertiary/aromatic N) is 5. The molecule has 150 valence electrons. The van der Waals surface area contributed by atoms with Crippen LogP contribution in [0.2, 0.25) is 0 Å². The topological polar surface area (TPSA) is 52.6 Å². The number of piperazine rings is 1. The summed E-state index contributed by atoms with van der Waals surface area (Å²) in [6.07, 6.45) is 2.01. The fraction of sp³-hybridized carbons (Fsp3) is 0.476. The van der Waals surface area contributed by atoms with Crippen molar-refractivity contribution < 1.29 is 9.18 Å². The highest BCUT2D eigenvalue weighted by molar-refractivity contribution is 5.92. The van der Waals surface area contributed by atoms with Crippen LogP contribution in [0.25, 0.3) is 0 Å². The highest BCUT2D eigenvalue weighted by Crippen LogP contribution is 2.22. The molecule has 1 saturated heterocycles. The summed E-state index contributed by atoms with van der Waals surface area (Å²) in [5.41, 5.74) is 1.06. The Hall–Kier alpha value is -2.70. The maximum absolute atomic E-state index is 14.0. The van der Waals surface area contributed by atoms with Crippen LogP contribution in [0.4, 0.5) is 15.9 Å². The van der Waals surface area contributed by atoms with Crippen molar-refractivity contribution in [2.45, 2.75) is 26.7 Å². The van der Waals surface area contributed by atoms with E-state index >= 15 is 0 Å². The molecule has 2 heterocycles. The van der Waals surface area contributed by atoms with Crippen molar-refractivity contribution in [1.29, 1.82) is 0 Å². The van der Waals surface area contributed by atoms with Gasteiger partial charge in [-0.2, -0.15) is 0 Å². The maximum atomic E-state index is 14.0. The van der Waals surface area contributed by atoms with E-state index in [1.807, 2.05) is 31.0 Å². The van der Waals surface area contributed by atoms with Gasteiger partial charge in [-0.25, -0.2) is 14.4 Å². The van der Waals surface area contributed by atoms with E-state index in [1.165, 1.54) is 6.07 Å². The van der Waals surface area contributed by atoms with Crippen LogP contribution in [0.15, 0.2) is 30.3 Å². The zero-order valence-electron chi connectivity index (χ0n) is 16.9. The Morgan fingerprint density at radius 1 is 1.14 bits per heavy atom. The van der Waals surface area contributed by atoms with E-state index in [-0.39, 0.29) is 11.7 Å². The predicted molar refractivity (Wildman–Crippen MR) is 109 cm³/mol. The molecule has 28 heavy (non-hydrogen) atoms. The molecule has 7 heteroatoms. The molecule has 2 aromatic rings. The Labute approximate surface area is 166 Å².